The fraction of sp³-hybridized carbons (Fsp3) is 0.475. The van der Waals surface area contributed by atoms with Gasteiger partial charge in [-0.2, -0.15) is 0 Å². The van der Waals surface area contributed by atoms with Crippen molar-refractivity contribution in [1.82, 2.24) is 0 Å². The minimum atomic E-state index is 0.514. The van der Waals surface area contributed by atoms with Crippen LogP contribution in [0.1, 0.15) is 221 Å². The highest BCUT2D eigenvalue weighted by molar-refractivity contribution is 5.30. The highest BCUT2D eigenvalue weighted by Crippen LogP contribution is 2.27. The Hall–Kier alpha value is -5.50. The standard InChI is InChI=1S/C13H20O.2C12H18.3C11H16.C10H14/c1-10(2)13(9-14-4)12-7-5-11(3)6-8-12;2*1-9(2)11(4)12-7-5-10(3)6-8-12;1-9(2)8-11-6-4-10(3)5-7-11;1-9(2)10(3)11-7-5-4-6-8-11;1-4-10-7-5-6-8-11(10)9(2)3;1-9(2)8-10-6-4-3-5-7-10/h5-8,10,13H,9H2,1-4H3;2*5-9,11H,1-4H3;4-7,9H,8H2,1-3H3;4-10H,1-3H3;5-9H,4H2,1-3H3;3-7,9H,8H2,1-2H3/t;11-;;;;;/m.0...../s1. The Balaban J connectivity index is 0.000000473. The third-order valence-corrected chi connectivity index (χ3v) is 15.5. The first-order valence-electron chi connectivity index (χ1n) is 31.2. The molecule has 0 N–H and O–H groups in total. The molecule has 7 rings (SSSR count). The number of benzene rings is 7. The van der Waals surface area contributed by atoms with Gasteiger partial charge in [0.25, 0.3) is 0 Å². The average molecular weight is 1100 g/mol. The zero-order valence-electron chi connectivity index (χ0n) is 55.9. The van der Waals surface area contributed by atoms with Crippen molar-refractivity contribution in [2.24, 2.45) is 35.5 Å². The summed E-state index contributed by atoms with van der Waals surface area (Å²) >= 11 is 0. The quantitative estimate of drug-likeness (QED) is 0.0937. The van der Waals surface area contributed by atoms with E-state index in [4.69, 9.17) is 4.74 Å². The van der Waals surface area contributed by atoms with Crippen LogP contribution in [0.25, 0.3) is 0 Å². The molecule has 0 aliphatic heterocycles. The summed E-state index contributed by atoms with van der Waals surface area (Å²) in [7, 11) is 1.77. The summed E-state index contributed by atoms with van der Waals surface area (Å²) in [6.45, 7) is 49.9. The molecule has 0 radical (unpaired) electrons. The van der Waals surface area contributed by atoms with Gasteiger partial charge >= 0.3 is 0 Å². The van der Waals surface area contributed by atoms with Crippen LogP contribution in [0.3, 0.4) is 0 Å². The summed E-state index contributed by atoms with van der Waals surface area (Å²) in [5.74, 6) is 7.54. The van der Waals surface area contributed by atoms with Crippen molar-refractivity contribution in [3.8, 4) is 0 Å². The second-order valence-electron chi connectivity index (χ2n) is 25.4. The summed E-state index contributed by atoms with van der Waals surface area (Å²) in [5, 5.41) is 0. The van der Waals surface area contributed by atoms with E-state index in [2.05, 4.69) is 334 Å². The molecule has 0 amide bonds. The van der Waals surface area contributed by atoms with Gasteiger partial charge in [0.05, 0.1) is 6.61 Å². The number of hydrogen-bond acceptors (Lipinski definition) is 1. The lowest BCUT2D eigenvalue weighted by Crippen LogP contribution is -2.12. The molecule has 81 heavy (non-hydrogen) atoms. The predicted molar refractivity (Wildman–Crippen MR) is 364 cm³/mol. The van der Waals surface area contributed by atoms with Gasteiger partial charge in [0.1, 0.15) is 0 Å². The molecule has 0 aliphatic carbocycles. The first kappa shape index (κ1) is 73.5. The van der Waals surface area contributed by atoms with Crippen molar-refractivity contribution in [3.63, 3.8) is 0 Å². The molecule has 1 nitrogen and oxygen atoms in total. The van der Waals surface area contributed by atoms with E-state index in [1.807, 2.05) is 0 Å². The van der Waals surface area contributed by atoms with Crippen molar-refractivity contribution >= 4 is 0 Å². The van der Waals surface area contributed by atoms with Gasteiger partial charge in [0.2, 0.25) is 0 Å². The summed E-state index contributed by atoms with van der Waals surface area (Å²) in [6.07, 6.45) is 3.54. The van der Waals surface area contributed by atoms with Gasteiger partial charge in [0, 0.05) is 13.0 Å². The molecule has 0 spiro atoms. The zero-order valence-corrected chi connectivity index (χ0v) is 55.9. The SMILES string of the molecule is CC(C)C(C)c1ccccc1.CC(C)Cc1ccccc1.CCc1ccccc1C(C)C.COCC(c1ccc(C)cc1)C(C)C.Cc1ccc(C(C)C(C)C)cc1.Cc1ccc(CC(C)C)cc1.Cc1ccc([C@@H](C)C(C)C)cc1. The van der Waals surface area contributed by atoms with Gasteiger partial charge in [-0.3, -0.25) is 0 Å². The predicted octanol–water partition coefficient (Wildman–Crippen LogP) is 23.8. The summed E-state index contributed by atoms with van der Waals surface area (Å²) in [5.41, 5.74) is 17.0. The third-order valence-electron chi connectivity index (χ3n) is 15.5. The van der Waals surface area contributed by atoms with Crippen LogP contribution in [0.4, 0.5) is 0 Å². The minimum absolute atomic E-state index is 0.514. The molecule has 0 fully saturated rings. The summed E-state index contributed by atoms with van der Waals surface area (Å²) in [6, 6.07) is 65.2. The molecule has 444 valence electrons. The molecular weight excluding hydrogens is 977 g/mol. The molecule has 0 heterocycles. The van der Waals surface area contributed by atoms with E-state index >= 15 is 0 Å². The molecule has 0 aromatic heterocycles. The molecule has 7 aromatic rings. The normalized spacial score (nSPS) is 12.2. The van der Waals surface area contributed by atoms with Gasteiger partial charge in [-0.1, -0.05) is 329 Å². The Morgan fingerprint density at radius 3 is 0.938 bits per heavy atom. The number of aryl methyl sites for hydroxylation is 5. The van der Waals surface area contributed by atoms with Crippen molar-refractivity contribution < 1.29 is 4.74 Å². The maximum absolute atomic E-state index is 5.25. The topological polar surface area (TPSA) is 9.23 Å². The molecule has 0 saturated heterocycles. The van der Waals surface area contributed by atoms with Crippen LogP contribution < -0.4 is 0 Å². The Morgan fingerprint density at radius 1 is 0.321 bits per heavy atom. The highest BCUT2D eigenvalue weighted by Gasteiger charge is 2.15. The smallest absolute Gasteiger partial charge is 0.0533 e. The molecule has 4 atom stereocenters. The second kappa shape index (κ2) is 41.5. The van der Waals surface area contributed by atoms with E-state index in [0.717, 1.165) is 42.6 Å². The lowest BCUT2D eigenvalue weighted by atomic mass is 9.89. The van der Waals surface area contributed by atoms with Crippen molar-refractivity contribution in [2.45, 2.75) is 201 Å². The number of ether oxygens (including phenoxy) is 1. The van der Waals surface area contributed by atoms with Gasteiger partial charge < -0.3 is 4.74 Å². The molecule has 3 unspecified atom stereocenters. The Kier molecular flexibility index (Phi) is 37.6. The van der Waals surface area contributed by atoms with Crippen LogP contribution in [0, 0.1) is 63.2 Å². The maximum atomic E-state index is 5.25. The largest absolute Gasteiger partial charge is 0.384 e. The van der Waals surface area contributed by atoms with E-state index in [1.165, 1.54) is 79.6 Å². The van der Waals surface area contributed by atoms with Gasteiger partial charge in [-0.05, 0) is 151 Å². The fourth-order valence-corrected chi connectivity index (χ4v) is 9.02. The zero-order chi connectivity index (χ0) is 61.0. The summed E-state index contributed by atoms with van der Waals surface area (Å²) < 4.78 is 5.25. The molecule has 0 aliphatic rings. The van der Waals surface area contributed by atoms with E-state index < -0.39 is 0 Å². The first-order valence-corrected chi connectivity index (χ1v) is 31.2. The Morgan fingerprint density at radius 2 is 0.630 bits per heavy atom. The third kappa shape index (κ3) is 32.1. The van der Waals surface area contributed by atoms with E-state index in [0.29, 0.717) is 35.5 Å². The van der Waals surface area contributed by atoms with Crippen molar-refractivity contribution in [2.75, 3.05) is 13.7 Å². The lowest BCUT2D eigenvalue weighted by molar-refractivity contribution is 0.162. The van der Waals surface area contributed by atoms with Crippen molar-refractivity contribution in [3.05, 3.63) is 249 Å². The Bertz CT molecular complexity index is 2500. The number of methoxy groups -OCH3 is 1. The number of rotatable bonds is 16. The second-order valence-corrected chi connectivity index (χ2v) is 25.4. The molecule has 7 aromatic carbocycles. The van der Waals surface area contributed by atoms with E-state index in [1.54, 1.807) is 7.11 Å². The molecule has 0 bridgehead atoms. The van der Waals surface area contributed by atoms with Crippen LogP contribution in [0.2, 0.25) is 0 Å². The number of hydrogen-bond donors (Lipinski definition) is 0. The maximum Gasteiger partial charge on any atom is 0.0533 e. The van der Waals surface area contributed by atoms with Crippen LogP contribution in [0.5, 0.6) is 0 Å². The van der Waals surface area contributed by atoms with E-state index in [9.17, 15) is 0 Å². The van der Waals surface area contributed by atoms with Gasteiger partial charge in [-0.25, -0.2) is 0 Å². The van der Waals surface area contributed by atoms with E-state index in [-0.39, 0.29) is 0 Å². The monoisotopic (exact) mass is 1090 g/mol. The minimum Gasteiger partial charge on any atom is -0.384 e. The fourth-order valence-electron chi connectivity index (χ4n) is 9.02. The van der Waals surface area contributed by atoms with Crippen LogP contribution in [-0.4, -0.2) is 13.7 Å². The highest BCUT2D eigenvalue weighted by atomic mass is 16.5. The van der Waals surface area contributed by atoms with Crippen molar-refractivity contribution in [1.29, 1.82) is 0 Å². The molecular formula is C80H118O. The molecule has 0 saturated carbocycles. The Labute approximate surface area is 501 Å². The van der Waals surface area contributed by atoms with Gasteiger partial charge in [0.15, 0.2) is 0 Å². The van der Waals surface area contributed by atoms with Crippen LogP contribution in [-0.2, 0) is 24.0 Å². The lowest BCUT2D eigenvalue weighted by Gasteiger charge is -2.20. The van der Waals surface area contributed by atoms with Crippen LogP contribution >= 0.6 is 0 Å². The van der Waals surface area contributed by atoms with Gasteiger partial charge in [-0.15, -0.1) is 0 Å². The first-order chi connectivity index (χ1) is 38.3. The molecule has 1 heteroatoms. The van der Waals surface area contributed by atoms with Crippen LogP contribution in [0.15, 0.2) is 182 Å². The average Bonchev–Trinajstić information content (AvgIpc) is 3.45. The summed E-state index contributed by atoms with van der Waals surface area (Å²) in [4.78, 5) is 0.